The van der Waals surface area contributed by atoms with Crippen LogP contribution < -0.4 is 0 Å². The molecule has 1 fully saturated rings. The van der Waals surface area contributed by atoms with Crippen LogP contribution in [0, 0.1) is 0 Å². The summed E-state index contributed by atoms with van der Waals surface area (Å²) in [6, 6.07) is 3.36. The zero-order chi connectivity index (χ0) is 11.4. The molecule has 0 aromatic carbocycles. The Labute approximate surface area is 98.0 Å². The minimum absolute atomic E-state index is 0.0938. The molecule has 2 rings (SSSR count). The van der Waals surface area contributed by atoms with Gasteiger partial charge in [0.25, 0.3) is 0 Å². The minimum Gasteiger partial charge on any atom is -0.477 e. The molecule has 4 nitrogen and oxygen atoms in total. The minimum atomic E-state index is -0.984. The van der Waals surface area contributed by atoms with E-state index in [-0.39, 0.29) is 5.69 Å². The summed E-state index contributed by atoms with van der Waals surface area (Å²) >= 11 is 1.75. The first-order valence-corrected chi connectivity index (χ1v) is 6.07. The normalized spacial score (nSPS) is 17.2. The number of aromatic carboxylic acids is 1. The first-order chi connectivity index (χ1) is 7.75. The van der Waals surface area contributed by atoms with Crippen molar-refractivity contribution in [3.63, 3.8) is 0 Å². The van der Waals surface area contributed by atoms with Gasteiger partial charge in [-0.05, 0) is 25.0 Å². The van der Waals surface area contributed by atoms with Crippen molar-refractivity contribution in [1.29, 1.82) is 0 Å². The summed E-state index contributed by atoms with van der Waals surface area (Å²) in [7, 11) is 0. The number of pyridine rings is 1. The number of thioether (sulfide) groups is 1. The summed E-state index contributed by atoms with van der Waals surface area (Å²) in [4.78, 5) is 15.5. The highest BCUT2D eigenvalue weighted by Crippen LogP contribution is 2.29. The molecule has 0 atom stereocenters. The standard InChI is InChI=1S/C11H13NO3S/c13-11(14)10-2-1-9(7-12-10)16-8-3-5-15-6-4-8/h1-2,7-8H,3-6H2,(H,13,14). The van der Waals surface area contributed by atoms with Crippen molar-refractivity contribution in [2.75, 3.05) is 13.2 Å². The van der Waals surface area contributed by atoms with E-state index in [1.54, 1.807) is 24.0 Å². The summed E-state index contributed by atoms with van der Waals surface area (Å²) in [6.45, 7) is 1.64. The number of carboxylic acids is 1. The van der Waals surface area contributed by atoms with Crippen molar-refractivity contribution in [3.8, 4) is 0 Å². The molecule has 0 unspecified atom stereocenters. The van der Waals surface area contributed by atoms with E-state index in [0.717, 1.165) is 31.0 Å². The number of rotatable bonds is 3. The van der Waals surface area contributed by atoms with Gasteiger partial charge >= 0.3 is 5.97 Å². The Bertz CT molecular complexity index is 360. The lowest BCUT2D eigenvalue weighted by Crippen LogP contribution is -2.17. The number of carbonyl (C=O) groups is 1. The van der Waals surface area contributed by atoms with E-state index < -0.39 is 5.97 Å². The van der Waals surface area contributed by atoms with E-state index in [4.69, 9.17) is 9.84 Å². The molecule has 1 N–H and O–H groups in total. The molecule has 0 radical (unpaired) electrons. The van der Waals surface area contributed by atoms with E-state index in [2.05, 4.69) is 4.98 Å². The fraction of sp³-hybridized carbons (Fsp3) is 0.455. The van der Waals surface area contributed by atoms with Gasteiger partial charge in [-0.2, -0.15) is 0 Å². The largest absolute Gasteiger partial charge is 0.477 e. The molecule has 1 aromatic heterocycles. The number of nitrogens with zero attached hydrogens (tertiary/aromatic N) is 1. The lowest BCUT2D eigenvalue weighted by Gasteiger charge is -2.21. The fourth-order valence-corrected chi connectivity index (χ4v) is 2.64. The summed E-state index contributed by atoms with van der Waals surface area (Å²) in [6.07, 6.45) is 3.72. The Hall–Kier alpha value is -1.07. The van der Waals surface area contributed by atoms with Gasteiger partial charge in [-0.1, -0.05) is 0 Å². The molecule has 0 saturated carbocycles. The number of hydrogen-bond acceptors (Lipinski definition) is 4. The van der Waals surface area contributed by atoms with Crippen LogP contribution in [0.5, 0.6) is 0 Å². The fourth-order valence-electron chi connectivity index (χ4n) is 1.56. The zero-order valence-corrected chi connectivity index (χ0v) is 9.57. The Kier molecular flexibility index (Phi) is 3.79. The number of hydrogen-bond donors (Lipinski definition) is 1. The Morgan fingerprint density at radius 1 is 1.44 bits per heavy atom. The molecule has 2 heterocycles. The number of aromatic nitrogens is 1. The predicted molar refractivity (Wildman–Crippen MR) is 60.9 cm³/mol. The lowest BCUT2D eigenvalue weighted by atomic mass is 10.2. The maximum atomic E-state index is 10.6. The van der Waals surface area contributed by atoms with Crippen molar-refractivity contribution in [2.45, 2.75) is 23.0 Å². The summed E-state index contributed by atoms with van der Waals surface area (Å²) in [5, 5.41) is 9.27. The van der Waals surface area contributed by atoms with Gasteiger partial charge in [-0.3, -0.25) is 0 Å². The molecular formula is C11H13NO3S. The summed E-state index contributed by atoms with van der Waals surface area (Å²) in [5.74, 6) is -0.984. The maximum Gasteiger partial charge on any atom is 0.354 e. The van der Waals surface area contributed by atoms with Crippen molar-refractivity contribution < 1.29 is 14.6 Å². The van der Waals surface area contributed by atoms with E-state index >= 15 is 0 Å². The highest BCUT2D eigenvalue weighted by Gasteiger charge is 2.15. The predicted octanol–water partition coefficient (Wildman–Crippen LogP) is 2.05. The first-order valence-electron chi connectivity index (χ1n) is 5.19. The molecule has 0 amide bonds. The van der Waals surface area contributed by atoms with Crippen LogP contribution in [0.15, 0.2) is 23.2 Å². The third-order valence-electron chi connectivity index (χ3n) is 2.43. The molecular weight excluding hydrogens is 226 g/mol. The molecule has 16 heavy (non-hydrogen) atoms. The van der Waals surface area contributed by atoms with Crippen molar-refractivity contribution in [3.05, 3.63) is 24.0 Å². The monoisotopic (exact) mass is 239 g/mol. The molecule has 1 aliphatic heterocycles. The first kappa shape index (κ1) is 11.4. The molecule has 1 aliphatic rings. The SMILES string of the molecule is O=C(O)c1ccc(SC2CCOCC2)cn1. The van der Waals surface area contributed by atoms with Gasteiger partial charge in [0, 0.05) is 29.6 Å². The third-order valence-corrected chi connectivity index (χ3v) is 3.74. The van der Waals surface area contributed by atoms with Gasteiger partial charge in [0.15, 0.2) is 0 Å². The quantitative estimate of drug-likeness (QED) is 0.874. The molecule has 0 spiro atoms. The second-order valence-electron chi connectivity index (χ2n) is 3.61. The van der Waals surface area contributed by atoms with Crippen LogP contribution in [0.2, 0.25) is 0 Å². The summed E-state index contributed by atoms with van der Waals surface area (Å²) < 4.78 is 5.28. The van der Waals surface area contributed by atoms with E-state index in [1.165, 1.54) is 0 Å². The second-order valence-corrected chi connectivity index (χ2v) is 4.99. The van der Waals surface area contributed by atoms with E-state index in [9.17, 15) is 4.79 Å². The van der Waals surface area contributed by atoms with Gasteiger partial charge in [0.2, 0.25) is 0 Å². The zero-order valence-electron chi connectivity index (χ0n) is 8.76. The van der Waals surface area contributed by atoms with Gasteiger partial charge in [-0.25, -0.2) is 9.78 Å². The second kappa shape index (κ2) is 5.32. The van der Waals surface area contributed by atoms with Crippen molar-refractivity contribution in [1.82, 2.24) is 4.98 Å². The van der Waals surface area contributed by atoms with Crippen LogP contribution in [0.1, 0.15) is 23.3 Å². The van der Waals surface area contributed by atoms with Crippen LogP contribution in [0.4, 0.5) is 0 Å². The van der Waals surface area contributed by atoms with Gasteiger partial charge < -0.3 is 9.84 Å². The van der Waals surface area contributed by atoms with Crippen LogP contribution in [0.3, 0.4) is 0 Å². The number of ether oxygens (including phenoxy) is 1. The highest BCUT2D eigenvalue weighted by atomic mass is 32.2. The third kappa shape index (κ3) is 2.96. The Morgan fingerprint density at radius 2 is 2.19 bits per heavy atom. The topological polar surface area (TPSA) is 59.4 Å². The van der Waals surface area contributed by atoms with Crippen molar-refractivity contribution >= 4 is 17.7 Å². The molecule has 86 valence electrons. The lowest BCUT2D eigenvalue weighted by molar-refractivity contribution is 0.0690. The van der Waals surface area contributed by atoms with Crippen LogP contribution >= 0.6 is 11.8 Å². The maximum absolute atomic E-state index is 10.6. The molecule has 0 aliphatic carbocycles. The molecule has 5 heteroatoms. The van der Waals surface area contributed by atoms with Crippen LogP contribution in [-0.2, 0) is 4.74 Å². The number of carboxylic acid groups (broad SMARTS) is 1. The molecule has 0 bridgehead atoms. The van der Waals surface area contributed by atoms with Gasteiger partial charge in [-0.15, -0.1) is 11.8 Å². The average Bonchev–Trinajstić information content (AvgIpc) is 2.31. The van der Waals surface area contributed by atoms with Crippen LogP contribution in [-0.4, -0.2) is 34.5 Å². The smallest absolute Gasteiger partial charge is 0.354 e. The van der Waals surface area contributed by atoms with Crippen LogP contribution in [0.25, 0.3) is 0 Å². The molecule has 1 aromatic rings. The highest BCUT2D eigenvalue weighted by molar-refractivity contribution is 8.00. The average molecular weight is 239 g/mol. The Balaban J connectivity index is 1.96. The Morgan fingerprint density at radius 3 is 2.75 bits per heavy atom. The van der Waals surface area contributed by atoms with Gasteiger partial charge in [0.1, 0.15) is 5.69 Å². The summed E-state index contributed by atoms with van der Waals surface area (Å²) in [5.41, 5.74) is 0.0938. The van der Waals surface area contributed by atoms with Gasteiger partial charge in [0.05, 0.1) is 0 Å². The molecule has 1 saturated heterocycles. The van der Waals surface area contributed by atoms with E-state index in [1.807, 2.05) is 6.07 Å². The van der Waals surface area contributed by atoms with E-state index in [0.29, 0.717) is 5.25 Å². The van der Waals surface area contributed by atoms with Crippen molar-refractivity contribution in [2.24, 2.45) is 0 Å².